The molecule has 0 bridgehead atoms. The molecule has 8 heteroatoms. The Morgan fingerprint density at radius 3 is 2.95 bits per heavy atom. The van der Waals surface area contributed by atoms with Crippen molar-refractivity contribution in [2.24, 2.45) is 0 Å². The zero-order valence-corrected chi connectivity index (χ0v) is 11.3. The van der Waals surface area contributed by atoms with E-state index in [9.17, 15) is 9.59 Å². The minimum Gasteiger partial charge on any atom is -0.479 e. The summed E-state index contributed by atoms with van der Waals surface area (Å²) in [6.07, 6.45) is 0. The fraction of sp³-hybridized carbons (Fsp3) is 0.250. The molecule has 7 nitrogen and oxygen atoms in total. The van der Waals surface area contributed by atoms with Gasteiger partial charge < -0.3 is 19.7 Å². The Hall–Kier alpha value is -2.35. The number of hydrogen-bond donors (Lipinski definition) is 2. The third-order valence-electron chi connectivity index (χ3n) is 2.34. The van der Waals surface area contributed by atoms with Crippen molar-refractivity contribution in [2.45, 2.75) is 13.0 Å². The van der Waals surface area contributed by atoms with E-state index in [-0.39, 0.29) is 12.5 Å². The van der Waals surface area contributed by atoms with Crippen LogP contribution in [0.25, 0.3) is 0 Å². The number of carbonyl (C=O) groups excluding carboxylic acids is 1. The molecular weight excluding hydrogens is 284 g/mol. The number of carboxylic acid groups (broad SMARTS) is 1. The molecule has 2 heterocycles. The summed E-state index contributed by atoms with van der Waals surface area (Å²) in [5, 5.41) is 16.8. The molecule has 0 saturated heterocycles. The summed E-state index contributed by atoms with van der Waals surface area (Å²) in [7, 11) is 0. The van der Waals surface area contributed by atoms with Crippen molar-refractivity contribution in [1.82, 2.24) is 10.5 Å². The van der Waals surface area contributed by atoms with Crippen LogP contribution in [0.1, 0.15) is 16.7 Å². The molecule has 20 heavy (non-hydrogen) atoms. The van der Waals surface area contributed by atoms with Gasteiger partial charge in [0.1, 0.15) is 5.76 Å². The van der Waals surface area contributed by atoms with Gasteiger partial charge in [0.2, 0.25) is 0 Å². The second-order valence-corrected chi connectivity index (χ2v) is 4.90. The van der Waals surface area contributed by atoms with Crippen LogP contribution in [0.3, 0.4) is 0 Å². The lowest BCUT2D eigenvalue weighted by atomic mass is 10.2. The summed E-state index contributed by atoms with van der Waals surface area (Å²) in [4.78, 5) is 23.4. The number of thiophene rings is 1. The number of amides is 1. The monoisotopic (exact) mass is 296 g/mol. The highest BCUT2D eigenvalue weighted by atomic mass is 32.1. The molecule has 2 aromatic heterocycles. The van der Waals surface area contributed by atoms with Crippen LogP contribution < -0.4 is 10.1 Å². The van der Waals surface area contributed by atoms with Crippen molar-refractivity contribution < 1.29 is 24.0 Å². The molecule has 0 aromatic carbocycles. The highest BCUT2D eigenvalue weighted by molar-refractivity contribution is 7.10. The van der Waals surface area contributed by atoms with E-state index < -0.39 is 17.9 Å². The van der Waals surface area contributed by atoms with Crippen molar-refractivity contribution in [3.8, 4) is 5.88 Å². The van der Waals surface area contributed by atoms with E-state index >= 15 is 0 Å². The number of carbonyl (C=O) groups is 2. The van der Waals surface area contributed by atoms with E-state index in [2.05, 4.69) is 10.5 Å². The summed E-state index contributed by atoms with van der Waals surface area (Å²) in [5.74, 6) is -0.937. The van der Waals surface area contributed by atoms with Crippen LogP contribution in [0, 0.1) is 6.92 Å². The smallest absolute Gasteiger partial charge is 0.331 e. The fourth-order valence-corrected chi connectivity index (χ4v) is 2.23. The molecular formula is C12H12N2O5S. The first-order valence-corrected chi connectivity index (χ1v) is 6.56. The van der Waals surface area contributed by atoms with Gasteiger partial charge in [0.05, 0.1) is 0 Å². The first-order chi connectivity index (χ1) is 9.56. The van der Waals surface area contributed by atoms with Crippen LogP contribution in [-0.2, 0) is 9.59 Å². The Balaban J connectivity index is 1.90. The maximum atomic E-state index is 11.7. The zero-order chi connectivity index (χ0) is 14.5. The maximum absolute atomic E-state index is 11.7. The van der Waals surface area contributed by atoms with Gasteiger partial charge in [-0.3, -0.25) is 4.79 Å². The van der Waals surface area contributed by atoms with Crippen molar-refractivity contribution in [1.29, 1.82) is 0 Å². The molecule has 2 aromatic rings. The Kier molecular flexibility index (Phi) is 4.36. The van der Waals surface area contributed by atoms with Gasteiger partial charge in [0, 0.05) is 10.9 Å². The molecule has 0 spiro atoms. The largest absolute Gasteiger partial charge is 0.479 e. The number of carboxylic acids is 1. The number of ether oxygens (including phenoxy) is 1. The number of nitrogens with zero attached hydrogens (tertiary/aromatic N) is 1. The van der Waals surface area contributed by atoms with E-state index in [0.717, 1.165) is 0 Å². The van der Waals surface area contributed by atoms with Crippen LogP contribution >= 0.6 is 11.3 Å². The molecule has 0 fully saturated rings. The average Bonchev–Trinajstić information content (AvgIpc) is 3.04. The third-order valence-corrected chi connectivity index (χ3v) is 3.27. The normalized spacial score (nSPS) is 11.8. The molecule has 0 aliphatic carbocycles. The Bertz CT molecular complexity index is 593. The van der Waals surface area contributed by atoms with Crippen molar-refractivity contribution >= 4 is 23.2 Å². The Labute approximate surface area is 118 Å². The molecule has 0 radical (unpaired) electrons. The van der Waals surface area contributed by atoms with Crippen LogP contribution in [0.4, 0.5) is 0 Å². The van der Waals surface area contributed by atoms with Gasteiger partial charge in [0.15, 0.2) is 12.6 Å². The second-order valence-electron chi connectivity index (χ2n) is 3.92. The first kappa shape index (κ1) is 14.1. The van der Waals surface area contributed by atoms with Crippen molar-refractivity contribution in [2.75, 3.05) is 6.61 Å². The van der Waals surface area contributed by atoms with Crippen LogP contribution in [-0.4, -0.2) is 28.7 Å². The molecule has 106 valence electrons. The Morgan fingerprint density at radius 2 is 2.40 bits per heavy atom. The van der Waals surface area contributed by atoms with E-state index in [1.165, 1.54) is 17.4 Å². The minimum atomic E-state index is -1.13. The maximum Gasteiger partial charge on any atom is 0.331 e. The predicted octanol–water partition coefficient (Wildman–Crippen LogP) is 1.37. The molecule has 1 amide bonds. The second kappa shape index (κ2) is 6.20. The molecule has 1 atom stereocenters. The van der Waals surface area contributed by atoms with Gasteiger partial charge in [-0.2, -0.15) is 0 Å². The van der Waals surface area contributed by atoms with Gasteiger partial charge in [-0.1, -0.05) is 6.07 Å². The molecule has 2 N–H and O–H groups in total. The summed E-state index contributed by atoms with van der Waals surface area (Å²) in [6.45, 7) is 1.36. The number of rotatable bonds is 6. The average molecular weight is 296 g/mol. The van der Waals surface area contributed by atoms with Gasteiger partial charge in [-0.05, 0) is 23.5 Å². The third kappa shape index (κ3) is 3.58. The van der Waals surface area contributed by atoms with E-state index in [0.29, 0.717) is 10.6 Å². The van der Waals surface area contributed by atoms with Crippen LogP contribution in [0.5, 0.6) is 5.88 Å². The number of aliphatic carboxylic acids is 1. The summed E-state index contributed by atoms with van der Waals surface area (Å²) >= 11 is 1.26. The van der Waals surface area contributed by atoms with E-state index in [1.807, 2.05) is 0 Å². The first-order valence-electron chi connectivity index (χ1n) is 5.68. The highest BCUT2D eigenvalue weighted by Crippen LogP contribution is 2.19. The number of aromatic nitrogens is 1. The van der Waals surface area contributed by atoms with Gasteiger partial charge in [0.25, 0.3) is 11.8 Å². The van der Waals surface area contributed by atoms with Gasteiger partial charge in [-0.25, -0.2) is 4.79 Å². The number of aryl methyl sites for hydroxylation is 1. The summed E-state index contributed by atoms with van der Waals surface area (Å²) in [5.41, 5.74) is 0. The summed E-state index contributed by atoms with van der Waals surface area (Å²) in [6, 6.07) is 3.81. The van der Waals surface area contributed by atoms with E-state index in [1.54, 1.807) is 24.4 Å². The van der Waals surface area contributed by atoms with E-state index in [4.69, 9.17) is 14.4 Å². The van der Waals surface area contributed by atoms with Crippen LogP contribution in [0.2, 0.25) is 0 Å². The van der Waals surface area contributed by atoms with Crippen molar-refractivity contribution in [3.63, 3.8) is 0 Å². The summed E-state index contributed by atoms with van der Waals surface area (Å²) < 4.78 is 9.86. The quantitative estimate of drug-likeness (QED) is 0.834. The highest BCUT2D eigenvalue weighted by Gasteiger charge is 2.23. The van der Waals surface area contributed by atoms with Gasteiger partial charge >= 0.3 is 5.97 Å². The Morgan fingerprint density at radius 1 is 1.60 bits per heavy atom. The predicted molar refractivity (Wildman–Crippen MR) is 69.6 cm³/mol. The number of hydrogen-bond acceptors (Lipinski definition) is 6. The molecule has 0 saturated carbocycles. The molecule has 0 aliphatic heterocycles. The van der Waals surface area contributed by atoms with Crippen LogP contribution in [0.15, 0.2) is 28.1 Å². The SMILES string of the molecule is Cc1cc(OCC(=O)NC(C(=O)O)c2cccs2)no1. The zero-order valence-electron chi connectivity index (χ0n) is 10.5. The molecule has 1 unspecified atom stereocenters. The topological polar surface area (TPSA) is 102 Å². The number of nitrogens with one attached hydrogen (secondary N) is 1. The standard InChI is InChI=1S/C12H12N2O5S/c1-7-5-10(14-19-7)18-6-9(15)13-11(12(16)17)8-3-2-4-20-8/h2-5,11H,6H2,1H3,(H,13,15)(H,16,17). The lowest BCUT2D eigenvalue weighted by Gasteiger charge is -2.12. The fourth-order valence-electron chi connectivity index (χ4n) is 1.46. The van der Waals surface area contributed by atoms with Gasteiger partial charge in [-0.15, -0.1) is 11.3 Å². The molecule has 0 aliphatic rings. The lowest BCUT2D eigenvalue weighted by molar-refractivity contribution is -0.142. The molecule has 2 rings (SSSR count). The minimum absolute atomic E-state index is 0.181. The lowest BCUT2D eigenvalue weighted by Crippen LogP contribution is -2.36. The van der Waals surface area contributed by atoms with Crippen molar-refractivity contribution in [3.05, 3.63) is 34.2 Å².